The molecule has 0 radical (unpaired) electrons. The van der Waals surface area contributed by atoms with Crippen LogP contribution in [-0.2, 0) is 0 Å². The Morgan fingerprint density at radius 2 is 1.94 bits per heavy atom. The van der Waals surface area contributed by atoms with Gasteiger partial charge >= 0.3 is 0 Å². The molecule has 0 saturated carbocycles. The summed E-state index contributed by atoms with van der Waals surface area (Å²) < 4.78 is 0. The summed E-state index contributed by atoms with van der Waals surface area (Å²) in [7, 11) is 0. The molecule has 1 atom stereocenters. The fourth-order valence-electron chi connectivity index (χ4n) is 2.39. The van der Waals surface area contributed by atoms with Crippen LogP contribution in [0.3, 0.4) is 0 Å². The van der Waals surface area contributed by atoms with Crippen molar-refractivity contribution >= 4 is 5.69 Å². The average molecular weight is 234 g/mol. The van der Waals surface area contributed by atoms with Crippen LogP contribution in [0, 0.1) is 6.92 Å². The second kappa shape index (κ2) is 5.52. The van der Waals surface area contributed by atoms with Crippen LogP contribution < -0.4 is 4.90 Å². The van der Waals surface area contributed by atoms with E-state index in [9.17, 15) is 5.11 Å². The van der Waals surface area contributed by atoms with Gasteiger partial charge in [0.15, 0.2) is 0 Å². The molecule has 3 heteroatoms. The lowest BCUT2D eigenvalue weighted by molar-refractivity contribution is 0.123. The monoisotopic (exact) mass is 234 g/mol. The largest absolute Gasteiger partial charge is 0.392 e. The highest BCUT2D eigenvalue weighted by molar-refractivity contribution is 5.48. The third-order valence-electron chi connectivity index (χ3n) is 3.26. The number of β-amino-alcohol motifs (C(OH)–C–C–N with tert-alkyl or cyclic N) is 1. The minimum absolute atomic E-state index is 0.222. The molecule has 2 rings (SSSR count). The van der Waals surface area contributed by atoms with Gasteiger partial charge in [-0.1, -0.05) is 12.1 Å². The molecule has 1 heterocycles. The SMILES string of the molecule is Cc1cccc(N2CCN(C[C@@H](C)O)CC2)c1. The van der Waals surface area contributed by atoms with Crippen LogP contribution in [0.2, 0.25) is 0 Å². The standard InChI is InChI=1S/C14H22N2O/c1-12-4-3-5-14(10-12)16-8-6-15(7-9-16)11-13(2)17/h3-5,10,13,17H,6-9,11H2,1-2H3/t13-/m1/s1. The Labute approximate surface area is 104 Å². The molecule has 1 aliphatic heterocycles. The topological polar surface area (TPSA) is 26.7 Å². The van der Waals surface area contributed by atoms with Gasteiger partial charge in [0.25, 0.3) is 0 Å². The van der Waals surface area contributed by atoms with Crippen LogP contribution in [0.15, 0.2) is 24.3 Å². The zero-order chi connectivity index (χ0) is 12.3. The second-order valence-electron chi connectivity index (χ2n) is 4.98. The van der Waals surface area contributed by atoms with Crippen molar-refractivity contribution in [3.8, 4) is 0 Å². The molecule has 1 saturated heterocycles. The first kappa shape index (κ1) is 12.4. The first-order valence-corrected chi connectivity index (χ1v) is 6.37. The van der Waals surface area contributed by atoms with Gasteiger partial charge in [-0.05, 0) is 31.5 Å². The fourth-order valence-corrected chi connectivity index (χ4v) is 2.39. The van der Waals surface area contributed by atoms with E-state index < -0.39 is 0 Å². The average Bonchev–Trinajstić information content (AvgIpc) is 2.29. The molecule has 1 aromatic rings. The summed E-state index contributed by atoms with van der Waals surface area (Å²) in [6, 6.07) is 8.67. The summed E-state index contributed by atoms with van der Waals surface area (Å²) in [5.41, 5.74) is 2.63. The summed E-state index contributed by atoms with van der Waals surface area (Å²) >= 11 is 0. The molecule has 0 aliphatic carbocycles. The third-order valence-corrected chi connectivity index (χ3v) is 3.26. The summed E-state index contributed by atoms with van der Waals surface area (Å²) in [5.74, 6) is 0. The second-order valence-corrected chi connectivity index (χ2v) is 4.98. The highest BCUT2D eigenvalue weighted by Crippen LogP contribution is 2.17. The minimum atomic E-state index is -0.222. The number of benzene rings is 1. The number of rotatable bonds is 3. The Morgan fingerprint density at radius 3 is 2.53 bits per heavy atom. The molecule has 1 aromatic carbocycles. The van der Waals surface area contributed by atoms with E-state index in [0.29, 0.717) is 0 Å². The highest BCUT2D eigenvalue weighted by Gasteiger charge is 2.17. The maximum absolute atomic E-state index is 9.37. The van der Waals surface area contributed by atoms with Gasteiger partial charge in [0.05, 0.1) is 6.10 Å². The number of hydrogen-bond acceptors (Lipinski definition) is 3. The molecule has 1 N–H and O–H groups in total. The quantitative estimate of drug-likeness (QED) is 0.858. The van der Waals surface area contributed by atoms with Crippen molar-refractivity contribution in [2.24, 2.45) is 0 Å². The Hall–Kier alpha value is -1.06. The van der Waals surface area contributed by atoms with E-state index in [1.807, 2.05) is 6.92 Å². The normalized spacial score (nSPS) is 19.4. The Kier molecular flexibility index (Phi) is 4.02. The minimum Gasteiger partial charge on any atom is -0.392 e. The first-order chi connectivity index (χ1) is 8.15. The zero-order valence-corrected chi connectivity index (χ0v) is 10.8. The molecular weight excluding hydrogens is 212 g/mol. The molecule has 0 bridgehead atoms. The molecule has 0 aromatic heterocycles. The number of aliphatic hydroxyl groups is 1. The lowest BCUT2D eigenvalue weighted by Crippen LogP contribution is -2.48. The number of anilines is 1. The van der Waals surface area contributed by atoms with Crippen LogP contribution >= 0.6 is 0 Å². The Morgan fingerprint density at radius 1 is 1.24 bits per heavy atom. The van der Waals surface area contributed by atoms with E-state index in [2.05, 4.69) is 41.0 Å². The summed E-state index contributed by atoms with van der Waals surface area (Å²) in [6.07, 6.45) is -0.222. The molecule has 0 unspecified atom stereocenters. The van der Waals surface area contributed by atoms with E-state index in [4.69, 9.17) is 0 Å². The van der Waals surface area contributed by atoms with Gasteiger partial charge in [-0.3, -0.25) is 4.90 Å². The van der Waals surface area contributed by atoms with Gasteiger partial charge in [0, 0.05) is 38.4 Å². The summed E-state index contributed by atoms with van der Waals surface area (Å²) in [6.45, 7) is 8.96. The van der Waals surface area contributed by atoms with Crippen LogP contribution in [0.1, 0.15) is 12.5 Å². The van der Waals surface area contributed by atoms with Gasteiger partial charge in [-0.2, -0.15) is 0 Å². The number of hydrogen-bond donors (Lipinski definition) is 1. The van der Waals surface area contributed by atoms with Gasteiger partial charge in [-0.25, -0.2) is 0 Å². The maximum atomic E-state index is 9.37. The maximum Gasteiger partial charge on any atom is 0.0639 e. The smallest absolute Gasteiger partial charge is 0.0639 e. The number of nitrogens with zero attached hydrogens (tertiary/aromatic N) is 2. The van der Waals surface area contributed by atoms with Crippen molar-refractivity contribution in [2.75, 3.05) is 37.6 Å². The summed E-state index contributed by atoms with van der Waals surface area (Å²) in [5, 5.41) is 9.37. The molecule has 1 aliphatic rings. The Bertz CT molecular complexity index is 357. The van der Waals surface area contributed by atoms with E-state index >= 15 is 0 Å². The van der Waals surface area contributed by atoms with Gasteiger partial charge in [0.2, 0.25) is 0 Å². The lowest BCUT2D eigenvalue weighted by Gasteiger charge is -2.36. The van der Waals surface area contributed by atoms with Crippen LogP contribution in [0.5, 0.6) is 0 Å². The Balaban J connectivity index is 1.91. The van der Waals surface area contributed by atoms with Crippen LogP contribution in [0.4, 0.5) is 5.69 Å². The number of piperazine rings is 1. The van der Waals surface area contributed by atoms with Crippen molar-refractivity contribution < 1.29 is 5.11 Å². The fraction of sp³-hybridized carbons (Fsp3) is 0.571. The summed E-state index contributed by atoms with van der Waals surface area (Å²) in [4.78, 5) is 4.75. The molecule has 1 fully saturated rings. The van der Waals surface area contributed by atoms with E-state index in [-0.39, 0.29) is 6.10 Å². The molecule has 17 heavy (non-hydrogen) atoms. The molecule has 0 spiro atoms. The zero-order valence-electron chi connectivity index (χ0n) is 10.8. The van der Waals surface area contributed by atoms with Crippen molar-refractivity contribution in [3.05, 3.63) is 29.8 Å². The molecule has 94 valence electrons. The lowest BCUT2D eigenvalue weighted by atomic mass is 10.2. The van der Waals surface area contributed by atoms with Crippen LogP contribution in [-0.4, -0.2) is 48.8 Å². The molecular formula is C14H22N2O. The van der Waals surface area contributed by atoms with Gasteiger partial charge in [-0.15, -0.1) is 0 Å². The van der Waals surface area contributed by atoms with E-state index in [0.717, 1.165) is 32.7 Å². The predicted octanol–water partition coefficient (Wildman–Crippen LogP) is 1.50. The van der Waals surface area contributed by atoms with Crippen molar-refractivity contribution in [1.29, 1.82) is 0 Å². The number of aliphatic hydroxyl groups excluding tert-OH is 1. The molecule has 0 amide bonds. The van der Waals surface area contributed by atoms with E-state index in [1.165, 1.54) is 11.3 Å². The predicted molar refractivity (Wildman–Crippen MR) is 71.5 cm³/mol. The van der Waals surface area contributed by atoms with E-state index in [1.54, 1.807) is 0 Å². The van der Waals surface area contributed by atoms with Crippen molar-refractivity contribution in [3.63, 3.8) is 0 Å². The van der Waals surface area contributed by atoms with Crippen molar-refractivity contribution in [2.45, 2.75) is 20.0 Å². The van der Waals surface area contributed by atoms with Crippen LogP contribution in [0.25, 0.3) is 0 Å². The van der Waals surface area contributed by atoms with Gasteiger partial charge in [0.1, 0.15) is 0 Å². The van der Waals surface area contributed by atoms with Gasteiger partial charge < -0.3 is 10.0 Å². The molecule has 3 nitrogen and oxygen atoms in total. The van der Waals surface area contributed by atoms with Crippen molar-refractivity contribution in [1.82, 2.24) is 4.90 Å². The third kappa shape index (κ3) is 3.45. The highest BCUT2D eigenvalue weighted by atomic mass is 16.3. The number of aryl methyl sites for hydroxylation is 1. The first-order valence-electron chi connectivity index (χ1n) is 6.37.